The number of fused-ring (bicyclic) bond motifs is 1. The fourth-order valence-electron chi connectivity index (χ4n) is 4.90. The molecule has 2 N–H and O–H groups in total. The molecule has 188 valence electrons. The average Bonchev–Trinajstić information content (AvgIpc) is 2.93. The number of benzene rings is 3. The first-order chi connectivity index (χ1) is 17.9. The Morgan fingerprint density at radius 1 is 1.05 bits per heavy atom. The normalized spacial score (nSPS) is 15.4. The molecule has 1 aliphatic rings. The number of ether oxygens (including phenoxy) is 1. The van der Waals surface area contributed by atoms with Crippen LogP contribution < -0.4 is 15.8 Å². The van der Waals surface area contributed by atoms with Gasteiger partial charge in [0.15, 0.2) is 0 Å². The van der Waals surface area contributed by atoms with Gasteiger partial charge in [-0.3, -0.25) is 9.59 Å². The van der Waals surface area contributed by atoms with Gasteiger partial charge in [0.05, 0.1) is 18.6 Å². The highest BCUT2D eigenvalue weighted by Gasteiger charge is 2.29. The average molecular weight is 516 g/mol. The number of rotatable bonds is 5. The number of nitrogens with one attached hydrogen (secondary N) is 2. The van der Waals surface area contributed by atoms with Crippen LogP contribution >= 0.6 is 11.6 Å². The summed E-state index contributed by atoms with van der Waals surface area (Å²) in [5.74, 6) is -0.874. The minimum atomic E-state index is -0.433. The number of aromatic amines is 1. The van der Waals surface area contributed by atoms with Gasteiger partial charge >= 0.3 is 5.97 Å². The van der Waals surface area contributed by atoms with Crippen LogP contribution in [0.25, 0.3) is 22.0 Å². The minimum Gasteiger partial charge on any atom is -0.465 e. The molecule has 0 radical (unpaired) electrons. The molecule has 0 saturated carbocycles. The Hall–Kier alpha value is -4.10. The molecule has 7 nitrogen and oxygen atoms in total. The van der Waals surface area contributed by atoms with Crippen LogP contribution in [0.4, 0.5) is 11.4 Å². The molecule has 0 bridgehead atoms. The van der Waals surface area contributed by atoms with Gasteiger partial charge in [0.2, 0.25) is 5.91 Å². The Morgan fingerprint density at radius 3 is 2.54 bits per heavy atom. The van der Waals surface area contributed by atoms with Crippen LogP contribution in [0.1, 0.15) is 23.2 Å². The Labute approximate surface area is 219 Å². The summed E-state index contributed by atoms with van der Waals surface area (Å²) in [5.41, 5.74) is 3.77. The number of methoxy groups -OCH3 is 1. The highest BCUT2D eigenvalue weighted by Crippen LogP contribution is 2.37. The first-order valence-electron chi connectivity index (χ1n) is 12.1. The third-order valence-electron chi connectivity index (χ3n) is 6.70. The van der Waals surface area contributed by atoms with Gasteiger partial charge in [0.25, 0.3) is 5.56 Å². The van der Waals surface area contributed by atoms with E-state index in [0.717, 1.165) is 22.9 Å². The van der Waals surface area contributed by atoms with E-state index < -0.39 is 5.97 Å². The van der Waals surface area contributed by atoms with E-state index in [0.29, 0.717) is 47.0 Å². The standard InChI is InChI=1S/C29H26ClN3O4/c1-37-29(36)19-9-12-22(13-10-19)31-27(34)20-8-5-15-33(17-20)26-25(18-6-3-2-4-7-18)23-16-21(30)11-14-24(23)32-28(26)35/h2-4,6-7,9-14,16,20H,5,8,15,17H2,1H3,(H,31,34)(H,32,35). The number of carbonyl (C=O) groups excluding carboxylic acids is 2. The molecule has 5 rings (SSSR count). The molecule has 1 unspecified atom stereocenters. The zero-order valence-electron chi connectivity index (χ0n) is 20.3. The third-order valence-corrected chi connectivity index (χ3v) is 6.93. The van der Waals surface area contributed by atoms with Crippen LogP contribution in [0, 0.1) is 5.92 Å². The zero-order chi connectivity index (χ0) is 25.9. The Kier molecular flexibility index (Phi) is 6.97. The van der Waals surface area contributed by atoms with Gasteiger partial charge in [0.1, 0.15) is 5.69 Å². The van der Waals surface area contributed by atoms with Crippen LogP contribution in [0.3, 0.4) is 0 Å². The van der Waals surface area contributed by atoms with Crippen molar-refractivity contribution in [2.75, 3.05) is 30.4 Å². The first kappa shape index (κ1) is 24.6. The van der Waals surface area contributed by atoms with E-state index in [-0.39, 0.29) is 17.4 Å². The van der Waals surface area contributed by atoms with Crippen LogP contribution in [-0.2, 0) is 9.53 Å². The van der Waals surface area contributed by atoms with Gasteiger partial charge in [-0.25, -0.2) is 4.79 Å². The topological polar surface area (TPSA) is 91.5 Å². The van der Waals surface area contributed by atoms with Crippen molar-refractivity contribution in [1.29, 1.82) is 0 Å². The number of pyridine rings is 1. The quantitative estimate of drug-likeness (QED) is 0.343. The summed E-state index contributed by atoms with van der Waals surface area (Å²) in [6.07, 6.45) is 1.47. The highest BCUT2D eigenvalue weighted by atomic mass is 35.5. The number of H-pyrrole nitrogens is 1. The molecular weight excluding hydrogens is 490 g/mol. The van der Waals surface area contributed by atoms with E-state index in [1.807, 2.05) is 47.4 Å². The van der Waals surface area contributed by atoms with E-state index in [1.165, 1.54) is 7.11 Å². The number of aromatic nitrogens is 1. The summed E-state index contributed by atoms with van der Waals surface area (Å²) < 4.78 is 4.72. The molecule has 37 heavy (non-hydrogen) atoms. The lowest BCUT2D eigenvalue weighted by Crippen LogP contribution is -2.43. The number of esters is 1. The number of halogens is 1. The second-order valence-corrected chi connectivity index (χ2v) is 9.51. The van der Waals surface area contributed by atoms with Crippen LogP contribution in [0.5, 0.6) is 0 Å². The van der Waals surface area contributed by atoms with Crippen LogP contribution in [0.15, 0.2) is 77.6 Å². The van der Waals surface area contributed by atoms with Crippen molar-refractivity contribution in [2.45, 2.75) is 12.8 Å². The largest absolute Gasteiger partial charge is 0.465 e. The molecule has 0 spiro atoms. The number of hydrogen-bond donors (Lipinski definition) is 2. The molecule has 1 aromatic heterocycles. The van der Waals surface area contributed by atoms with Crippen molar-refractivity contribution in [1.82, 2.24) is 4.98 Å². The van der Waals surface area contributed by atoms with E-state index in [9.17, 15) is 14.4 Å². The van der Waals surface area contributed by atoms with Gasteiger partial charge in [-0.15, -0.1) is 0 Å². The number of amides is 1. The van der Waals surface area contributed by atoms with E-state index >= 15 is 0 Å². The molecule has 1 aliphatic heterocycles. The number of hydrogen-bond acceptors (Lipinski definition) is 5. The summed E-state index contributed by atoms with van der Waals surface area (Å²) in [5, 5.41) is 4.38. The molecule has 1 fully saturated rings. The molecule has 1 amide bonds. The predicted molar refractivity (Wildman–Crippen MR) is 146 cm³/mol. The molecule has 0 aliphatic carbocycles. The van der Waals surface area contributed by atoms with E-state index in [4.69, 9.17) is 16.3 Å². The van der Waals surface area contributed by atoms with Crippen molar-refractivity contribution in [2.24, 2.45) is 5.92 Å². The Morgan fingerprint density at radius 2 is 1.81 bits per heavy atom. The SMILES string of the molecule is COC(=O)c1ccc(NC(=O)C2CCCN(c3c(-c4ccccc4)c4cc(Cl)ccc4[nH]c3=O)C2)cc1. The Balaban J connectivity index is 1.46. The second-order valence-electron chi connectivity index (χ2n) is 9.08. The number of piperidine rings is 1. The van der Waals surface area contributed by atoms with Gasteiger partial charge in [0, 0.05) is 40.3 Å². The second kappa shape index (κ2) is 10.5. The minimum absolute atomic E-state index is 0.128. The Bertz CT molecular complexity index is 1520. The lowest BCUT2D eigenvalue weighted by atomic mass is 9.93. The summed E-state index contributed by atoms with van der Waals surface area (Å²) in [6.45, 7) is 1.06. The summed E-state index contributed by atoms with van der Waals surface area (Å²) >= 11 is 6.35. The summed E-state index contributed by atoms with van der Waals surface area (Å²) in [4.78, 5) is 43.3. The van der Waals surface area contributed by atoms with Crippen molar-refractivity contribution in [3.8, 4) is 11.1 Å². The van der Waals surface area contributed by atoms with Crippen molar-refractivity contribution in [3.63, 3.8) is 0 Å². The van der Waals surface area contributed by atoms with E-state index in [2.05, 4.69) is 10.3 Å². The monoisotopic (exact) mass is 515 g/mol. The highest BCUT2D eigenvalue weighted by molar-refractivity contribution is 6.31. The number of carbonyl (C=O) groups is 2. The van der Waals surface area contributed by atoms with Gasteiger partial charge in [-0.05, 0) is 60.9 Å². The maximum atomic E-state index is 13.4. The summed E-state index contributed by atoms with van der Waals surface area (Å²) in [7, 11) is 1.32. The van der Waals surface area contributed by atoms with Gasteiger partial charge in [-0.2, -0.15) is 0 Å². The fraction of sp³-hybridized carbons (Fsp3) is 0.207. The van der Waals surface area contributed by atoms with Crippen molar-refractivity contribution in [3.05, 3.63) is 93.7 Å². The summed E-state index contributed by atoms with van der Waals surface area (Å²) in [6, 6.07) is 21.8. The van der Waals surface area contributed by atoms with Gasteiger partial charge in [-0.1, -0.05) is 41.9 Å². The number of nitrogens with zero attached hydrogens (tertiary/aromatic N) is 1. The molecule has 3 aromatic carbocycles. The predicted octanol–water partition coefficient (Wildman–Crippen LogP) is 5.49. The first-order valence-corrected chi connectivity index (χ1v) is 12.5. The van der Waals surface area contributed by atoms with Crippen LogP contribution in [-0.4, -0.2) is 37.1 Å². The molecule has 2 heterocycles. The van der Waals surface area contributed by atoms with Crippen LogP contribution in [0.2, 0.25) is 5.02 Å². The molecule has 4 aromatic rings. The van der Waals surface area contributed by atoms with Gasteiger partial charge < -0.3 is 19.9 Å². The van der Waals surface area contributed by atoms with Crippen molar-refractivity contribution < 1.29 is 14.3 Å². The maximum absolute atomic E-state index is 13.4. The molecule has 1 saturated heterocycles. The zero-order valence-corrected chi connectivity index (χ0v) is 21.0. The maximum Gasteiger partial charge on any atom is 0.337 e. The smallest absolute Gasteiger partial charge is 0.337 e. The molecular formula is C29H26ClN3O4. The lowest BCUT2D eigenvalue weighted by Gasteiger charge is -2.34. The molecule has 1 atom stereocenters. The molecule has 8 heteroatoms. The lowest BCUT2D eigenvalue weighted by molar-refractivity contribution is -0.120. The number of anilines is 2. The van der Waals surface area contributed by atoms with E-state index in [1.54, 1.807) is 30.3 Å². The van der Waals surface area contributed by atoms with Crippen molar-refractivity contribution >= 4 is 45.8 Å². The third kappa shape index (κ3) is 5.08. The fourth-order valence-corrected chi connectivity index (χ4v) is 5.07.